The van der Waals surface area contributed by atoms with Crippen molar-refractivity contribution >= 4 is 34.1 Å². The van der Waals surface area contributed by atoms with E-state index in [1.54, 1.807) is 22.6 Å². The molecule has 0 aliphatic rings. The summed E-state index contributed by atoms with van der Waals surface area (Å²) in [4.78, 5) is 20.5. The van der Waals surface area contributed by atoms with Gasteiger partial charge in [0.25, 0.3) is 0 Å². The van der Waals surface area contributed by atoms with Crippen molar-refractivity contribution < 1.29 is 14.1 Å². The van der Waals surface area contributed by atoms with Crippen molar-refractivity contribution in [2.24, 2.45) is 0 Å². The molecule has 4 nitrogen and oxygen atoms in total. The number of ketones is 1. The molecule has 0 unspecified atom stereocenters. The summed E-state index contributed by atoms with van der Waals surface area (Å²) < 4.78 is 13.4. The Kier molecular flexibility index (Phi) is 3.14. The van der Waals surface area contributed by atoms with Gasteiger partial charge in [-0.25, -0.2) is 0 Å². The van der Waals surface area contributed by atoms with E-state index in [9.17, 15) is 19.3 Å². The van der Waals surface area contributed by atoms with Gasteiger partial charge in [-0.2, -0.15) is 4.39 Å². The van der Waals surface area contributed by atoms with Crippen molar-refractivity contribution in [1.29, 1.82) is 0 Å². The molecule has 14 heavy (non-hydrogen) atoms. The van der Waals surface area contributed by atoms with E-state index < -0.39 is 16.4 Å². The van der Waals surface area contributed by atoms with Gasteiger partial charge in [0.2, 0.25) is 5.82 Å². The minimum Gasteiger partial charge on any atom is -0.294 e. The Morgan fingerprint density at radius 2 is 2.14 bits per heavy atom. The molecule has 0 N–H and O–H groups in total. The van der Waals surface area contributed by atoms with Gasteiger partial charge in [-0.05, 0) is 35.6 Å². The van der Waals surface area contributed by atoms with E-state index in [2.05, 4.69) is 0 Å². The summed E-state index contributed by atoms with van der Waals surface area (Å²) in [7, 11) is 0. The van der Waals surface area contributed by atoms with E-state index in [4.69, 9.17) is 0 Å². The largest absolute Gasteiger partial charge is 0.305 e. The highest BCUT2D eigenvalue weighted by atomic mass is 127. The zero-order valence-electron chi connectivity index (χ0n) is 7.08. The van der Waals surface area contributed by atoms with Gasteiger partial charge in [0, 0.05) is 15.2 Å². The topological polar surface area (TPSA) is 60.2 Å². The highest BCUT2D eigenvalue weighted by Gasteiger charge is 2.18. The average Bonchev–Trinajstić information content (AvgIpc) is 2.07. The number of nitrogens with zero attached hydrogens (tertiary/aromatic N) is 1. The summed E-state index contributed by atoms with van der Waals surface area (Å²) in [5, 5.41) is 10.3. The van der Waals surface area contributed by atoms with Gasteiger partial charge in [0.15, 0.2) is 5.78 Å². The third-order valence-electron chi connectivity index (χ3n) is 1.61. The van der Waals surface area contributed by atoms with Crippen molar-refractivity contribution in [3.63, 3.8) is 0 Å². The van der Waals surface area contributed by atoms with Crippen LogP contribution in [0.3, 0.4) is 0 Å². The molecule has 0 fully saturated rings. The monoisotopic (exact) mass is 309 g/mol. The van der Waals surface area contributed by atoms with Crippen LogP contribution in [0.1, 0.15) is 17.3 Å². The zero-order valence-corrected chi connectivity index (χ0v) is 9.24. The first kappa shape index (κ1) is 11.0. The first-order valence-electron chi connectivity index (χ1n) is 3.58. The third kappa shape index (κ3) is 2.06. The Labute approximate surface area is 92.4 Å². The van der Waals surface area contributed by atoms with Gasteiger partial charge in [-0.1, -0.05) is 0 Å². The third-order valence-corrected chi connectivity index (χ3v) is 2.50. The van der Waals surface area contributed by atoms with E-state index in [-0.39, 0.29) is 11.3 Å². The maximum atomic E-state index is 13.0. The molecule has 74 valence electrons. The molecule has 0 spiro atoms. The van der Waals surface area contributed by atoms with Gasteiger partial charge >= 0.3 is 5.69 Å². The molecule has 0 aromatic heterocycles. The second kappa shape index (κ2) is 3.99. The lowest BCUT2D eigenvalue weighted by molar-refractivity contribution is -0.387. The molecule has 0 atom stereocenters. The van der Waals surface area contributed by atoms with Crippen molar-refractivity contribution in [3.05, 3.63) is 37.2 Å². The van der Waals surface area contributed by atoms with Gasteiger partial charge in [-0.3, -0.25) is 14.9 Å². The molecule has 0 saturated heterocycles. The smallest absolute Gasteiger partial charge is 0.294 e. The molecular weight excluding hydrogens is 304 g/mol. The predicted octanol–water partition coefficient (Wildman–Crippen LogP) is 2.54. The lowest BCUT2D eigenvalue weighted by Gasteiger charge is -2.00. The summed E-state index contributed by atoms with van der Waals surface area (Å²) in [6, 6.07) is 1.94. The summed E-state index contributed by atoms with van der Waals surface area (Å²) in [6.07, 6.45) is 0. The number of carbonyl (C=O) groups is 1. The van der Waals surface area contributed by atoms with Crippen LogP contribution >= 0.6 is 22.6 Å². The number of carbonyl (C=O) groups excluding carboxylic acids is 1. The molecule has 0 saturated carbocycles. The van der Waals surface area contributed by atoms with Crippen LogP contribution in [0, 0.1) is 19.5 Å². The predicted molar refractivity (Wildman–Crippen MR) is 55.8 cm³/mol. The minimum atomic E-state index is -0.986. The molecule has 0 heterocycles. The average molecular weight is 309 g/mol. The number of nitro groups is 1. The van der Waals surface area contributed by atoms with E-state index in [1.165, 1.54) is 6.92 Å². The quantitative estimate of drug-likeness (QED) is 0.365. The number of benzene rings is 1. The summed E-state index contributed by atoms with van der Waals surface area (Å²) in [5.41, 5.74) is -0.451. The molecule has 0 aliphatic carbocycles. The van der Waals surface area contributed by atoms with Crippen LogP contribution < -0.4 is 0 Å². The molecule has 0 bridgehead atoms. The Hall–Kier alpha value is -1.05. The van der Waals surface area contributed by atoms with Crippen LogP contribution in [-0.2, 0) is 0 Å². The van der Waals surface area contributed by atoms with Crippen LogP contribution in [0.2, 0.25) is 0 Å². The van der Waals surface area contributed by atoms with Crippen LogP contribution in [0.15, 0.2) is 12.1 Å². The van der Waals surface area contributed by atoms with Crippen LogP contribution in [-0.4, -0.2) is 10.7 Å². The number of hydrogen-bond acceptors (Lipinski definition) is 3. The summed E-state index contributed by atoms with van der Waals surface area (Å²) >= 11 is 1.76. The first-order valence-corrected chi connectivity index (χ1v) is 4.65. The second-order valence-electron chi connectivity index (χ2n) is 2.60. The van der Waals surface area contributed by atoms with Crippen LogP contribution in [0.5, 0.6) is 0 Å². The molecule has 1 aromatic rings. The van der Waals surface area contributed by atoms with Crippen molar-refractivity contribution in [2.45, 2.75) is 6.92 Å². The Bertz CT molecular complexity index is 380. The Balaban J connectivity index is 3.38. The maximum absolute atomic E-state index is 13.0. The molecular formula is C8H5FINO3. The maximum Gasteiger partial charge on any atom is 0.305 e. The molecule has 0 aliphatic heterocycles. The Morgan fingerprint density at radius 3 is 2.57 bits per heavy atom. The molecule has 0 amide bonds. The van der Waals surface area contributed by atoms with E-state index >= 15 is 0 Å². The fourth-order valence-corrected chi connectivity index (χ4v) is 1.78. The zero-order chi connectivity index (χ0) is 10.9. The van der Waals surface area contributed by atoms with Gasteiger partial charge in [0.05, 0.1) is 4.92 Å². The number of halogens is 2. The van der Waals surface area contributed by atoms with Crippen molar-refractivity contribution in [2.75, 3.05) is 0 Å². The van der Waals surface area contributed by atoms with Crippen molar-refractivity contribution in [3.8, 4) is 0 Å². The van der Waals surface area contributed by atoms with E-state index in [0.29, 0.717) is 3.57 Å². The lowest BCUT2D eigenvalue weighted by atomic mass is 10.1. The number of hydrogen-bond donors (Lipinski definition) is 0. The van der Waals surface area contributed by atoms with Crippen LogP contribution in [0.25, 0.3) is 0 Å². The second-order valence-corrected chi connectivity index (χ2v) is 3.76. The standard InChI is InChI=1S/C8H5FINO3/c1-4(12)5-2-6(9)8(11(13)14)3-7(5)10/h2-3H,1H3. The minimum absolute atomic E-state index is 0.161. The summed E-state index contributed by atoms with van der Waals surface area (Å²) in [5.74, 6) is -1.30. The van der Waals surface area contributed by atoms with Gasteiger partial charge in [-0.15, -0.1) is 0 Å². The van der Waals surface area contributed by atoms with Gasteiger partial charge < -0.3 is 0 Å². The Morgan fingerprint density at radius 1 is 1.57 bits per heavy atom. The first-order chi connectivity index (χ1) is 6.43. The lowest BCUT2D eigenvalue weighted by Crippen LogP contribution is -2.00. The highest BCUT2D eigenvalue weighted by molar-refractivity contribution is 14.1. The summed E-state index contributed by atoms with van der Waals surface area (Å²) in [6.45, 7) is 1.28. The van der Waals surface area contributed by atoms with Crippen molar-refractivity contribution in [1.82, 2.24) is 0 Å². The highest BCUT2D eigenvalue weighted by Crippen LogP contribution is 2.23. The van der Waals surface area contributed by atoms with E-state index in [1.807, 2.05) is 0 Å². The molecule has 0 radical (unpaired) electrons. The number of Topliss-reactive ketones (excluding diaryl/α,β-unsaturated/α-hetero) is 1. The fourth-order valence-electron chi connectivity index (χ4n) is 0.946. The SMILES string of the molecule is CC(=O)c1cc(F)c([N+](=O)[O-])cc1I. The van der Waals surface area contributed by atoms with E-state index in [0.717, 1.165) is 12.1 Å². The molecule has 1 rings (SSSR count). The molecule has 6 heteroatoms. The fraction of sp³-hybridized carbons (Fsp3) is 0.125. The number of rotatable bonds is 2. The van der Waals surface area contributed by atoms with Gasteiger partial charge in [0.1, 0.15) is 0 Å². The van der Waals surface area contributed by atoms with Crippen LogP contribution in [0.4, 0.5) is 10.1 Å². The normalized spacial score (nSPS) is 9.93. The molecule has 1 aromatic carbocycles. The number of nitro benzene ring substituents is 1.